The highest BCUT2D eigenvalue weighted by Gasteiger charge is 2.11. The fraction of sp³-hybridized carbons (Fsp3) is 0.364. The van der Waals surface area contributed by atoms with E-state index in [9.17, 15) is 0 Å². The van der Waals surface area contributed by atoms with Crippen LogP contribution in [0.5, 0.6) is 5.75 Å². The lowest BCUT2D eigenvalue weighted by Crippen LogP contribution is -2.03. The number of pyridine rings is 1. The van der Waals surface area contributed by atoms with Crippen LogP contribution in [0.4, 0.5) is 0 Å². The molecule has 0 saturated heterocycles. The Labute approximate surface area is 156 Å². The number of allylic oxidation sites excluding steroid dienone is 2. The van der Waals surface area contributed by atoms with Crippen molar-refractivity contribution in [2.75, 3.05) is 6.61 Å². The van der Waals surface area contributed by atoms with Crippen molar-refractivity contribution in [1.29, 1.82) is 5.41 Å². The van der Waals surface area contributed by atoms with Crippen LogP contribution in [0, 0.1) is 12.3 Å². The number of hydrogen-bond acceptors (Lipinski definition) is 4. The summed E-state index contributed by atoms with van der Waals surface area (Å²) in [4.78, 5) is 4.43. The van der Waals surface area contributed by atoms with Crippen molar-refractivity contribution in [3.63, 3.8) is 0 Å². The molecule has 0 bridgehead atoms. The third-order valence-corrected chi connectivity index (χ3v) is 4.19. The van der Waals surface area contributed by atoms with Crippen molar-refractivity contribution >= 4 is 5.71 Å². The van der Waals surface area contributed by atoms with Gasteiger partial charge in [0.25, 0.3) is 0 Å². The highest BCUT2D eigenvalue weighted by Crippen LogP contribution is 2.33. The van der Waals surface area contributed by atoms with Gasteiger partial charge in [-0.15, -0.1) is 0 Å². The van der Waals surface area contributed by atoms with Gasteiger partial charge in [0.2, 0.25) is 0 Å². The van der Waals surface area contributed by atoms with Crippen LogP contribution in [0.1, 0.15) is 50.8 Å². The Morgan fingerprint density at radius 1 is 1.19 bits per heavy atom. The van der Waals surface area contributed by atoms with Gasteiger partial charge >= 0.3 is 0 Å². The first-order valence-electron chi connectivity index (χ1n) is 9.24. The molecule has 1 heterocycles. The quantitative estimate of drug-likeness (QED) is 0.479. The molecule has 138 valence electrons. The van der Waals surface area contributed by atoms with Crippen molar-refractivity contribution in [3.8, 4) is 16.9 Å². The number of rotatable bonds is 9. The zero-order valence-corrected chi connectivity index (χ0v) is 16.0. The van der Waals surface area contributed by atoms with E-state index in [4.69, 9.17) is 15.9 Å². The largest absolute Gasteiger partial charge is 0.493 e. The van der Waals surface area contributed by atoms with Crippen molar-refractivity contribution in [2.45, 2.75) is 46.5 Å². The maximum Gasteiger partial charge on any atom is 0.127 e. The number of ether oxygens (including phenoxy) is 1. The number of aromatic nitrogens is 1. The van der Waals surface area contributed by atoms with Gasteiger partial charge in [0.1, 0.15) is 5.75 Å². The van der Waals surface area contributed by atoms with Crippen LogP contribution in [-0.2, 0) is 0 Å². The Kier molecular flexibility index (Phi) is 7.39. The molecule has 0 radical (unpaired) electrons. The molecule has 2 aromatic rings. The predicted molar refractivity (Wildman–Crippen MR) is 109 cm³/mol. The second-order valence-corrected chi connectivity index (χ2v) is 6.59. The fourth-order valence-corrected chi connectivity index (χ4v) is 2.84. The van der Waals surface area contributed by atoms with E-state index in [0.29, 0.717) is 17.1 Å². The Morgan fingerprint density at radius 3 is 2.65 bits per heavy atom. The molecule has 0 saturated carbocycles. The molecule has 0 amide bonds. The van der Waals surface area contributed by atoms with Gasteiger partial charge in [-0.3, -0.25) is 10.4 Å². The summed E-state index contributed by atoms with van der Waals surface area (Å²) in [6, 6.07) is 9.96. The average molecular weight is 351 g/mol. The smallest absolute Gasteiger partial charge is 0.127 e. The molecule has 1 aromatic heterocycles. The van der Waals surface area contributed by atoms with E-state index in [2.05, 4.69) is 24.9 Å². The van der Waals surface area contributed by atoms with Crippen LogP contribution >= 0.6 is 0 Å². The molecule has 0 atom stereocenters. The molecule has 26 heavy (non-hydrogen) atoms. The van der Waals surface area contributed by atoms with Crippen LogP contribution in [0.2, 0.25) is 0 Å². The van der Waals surface area contributed by atoms with Gasteiger partial charge < -0.3 is 10.5 Å². The topological polar surface area (TPSA) is 72.0 Å². The van der Waals surface area contributed by atoms with E-state index < -0.39 is 0 Å². The second kappa shape index (κ2) is 9.76. The van der Waals surface area contributed by atoms with Gasteiger partial charge in [0, 0.05) is 23.0 Å². The van der Waals surface area contributed by atoms with Crippen molar-refractivity contribution in [1.82, 2.24) is 4.98 Å². The van der Waals surface area contributed by atoms with Gasteiger partial charge in [0.05, 0.1) is 18.0 Å². The molecule has 0 aliphatic rings. The molecule has 0 aliphatic heterocycles. The molecule has 0 fully saturated rings. The molecule has 2 rings (SSSR count). The summed E-state index contributed by atoms with van der Waals surface area (Å²) in [5.41, 5.74) is 10.4. The van der Waals surface area contributed by atoms with Crippen molar-refractivity contribution < 1.29 is 4.74 Å². The molecule has 0 spiro atoms. The minimum atomic E-state index is 0.314. The van der Waals surface area contributed by atoms with Crippen LogP contribution in [0.3, 0.4) is 0 Å². The Morgan fingerprint density at radius 2 is 2.00 bits per heavy atom. The third-order valence-electron chi connectivity index (χ3n) is 4.19. The SMILES string of the molecule is CCCCCCOc1cccc(C)c1-c1ccc(C(=N)C=C(C)N)nc1. The van der Waals surface area contributed by atoms with E-state index in [1.54, 1.807) is 19.2 Å². The number of hydrogen-bond donors (Lipinski definition) is 2. The van der Waals surface area contributed by atoms with Gasteiger partial charge in [-0.05, 0) is 44.0 Å². The number of nitrogens with zero attached hydrogens (tertiary/aromatic N) is 1. The summed E-state index contributed by atoms with van der Waals surface area (Å²) in [6.07, 6.45) is 8.15. The first-order chi connectivity index (χ1) is 12.5. The summed E-state index contributed by atoms with van der Waals surface area (Å²) in [5, 5.41) is 8.02. The Bertz CT molecular complexity index is 759. The molecule has 0 aliphatic carbocycles. The van der Waals surface area contributed by atoms with E-state index in [1.807, 2.05) is 24.3 Å². The van der Waals surface area contributed by atoms with Crippen molar-refractivity contribution in [3.05, 3.63) is 59.6 Å². The van der Waals surface area contributed by atoms with Gasteiger partial charge in [-0.25, -0.2) is 0 Å². The third kappa shape index (κ3) is 5.45. The van der Waals surface area contributed by atoms with Crippen LogP contribution in [0.15, 0.2) is 48.3 Å². The molecule has 4 heteroatoms. The number of nitrogens with one attached hydrogen (secondary N) is 1. The number of unbranched alkanes of at least 4 members (excludes halogenated alkanes) is 3. The number of aryl methyl sites for hydroxylation is 1. The van der Waals surface area contributed by atoms with Crippen molar-refractivity contribution in [2.24, 2.45) is 5.73 Å². The molecule has 3 N–H and O–H groups in total. The standard InChI is InChI=1S/C22H29N3O/c1-4-5-6-7-13-26-21-10-8-9-16(2)22(21)18-11-12-20(25-15-18)19(24)14-17(3)23/h8-12,14-15,24H,4-7,13,23H2,1-3H3. The summed E-state index contributed by atoms with van der Waals surface area (Å²) in [6.45, 7) is 6.78. The van der Waals surface area contributed by atoms with E-state index in [1.165, 1.54) is 19.3 Å². The highest BCUT2D eigenvalue weighted by atomic mass is 16.5. The second-order valence-electron chi connectivity index (χ2n) is 6.59. The minimum Gasteiger partial charge on any atom is -0.493 e. The Hall–Kier alpha value is -2.62. The first kappa shape index (κ1) is 19.7. The lowest BCUT2D eigenvalue weighted by atomic mass is 10.0. The van der Waals surface area contributed by atoms with Gasteiger partial charge in [0.15, 0.2) is 0 Å². The fourth-order valence-electron chi connectivity index (χ4n) is 2.84. The highest BCUT2D eigenvalue weighted by molar-refractivity contribution is 6.05. The molecular weight excluding hydrogens is 322 g/mol. The van der Waals surface area contributed by atoms with Gasteiger partial charge in [-0.2, -0.15) is 0 Å². The molecule has 4 nitrogen and oxygen atoms in total. The van der Waals surface area contributed by atoms with Crippen LogP contribution in [0.25, 0.3) is 11.1 Å². The lowest BCUT2D eigenvalue weighted by molar-refractivity contribution is 0.306. The number of nitrogens with two attached hydrogens (primary N) is 1. The summed E-state index contributed by atoms with van der Waals surface area (Å²) < 4.78 is 6.05. The van der Waals surface area contributed by atoms with E-state index in [-0.39, 0.29) is 0 Å². The normalized spacial score (nSPS) is 11.4. The lowest BCUT2D eigenvalue weighted by Gasteiger charge is -2.14. The maximum absolute atomic E-state index is 8.02. The number of benzene rings is 1. The zero-order chi connectivity index (χ0) is 18.9. The molecule has 0 unspecified atom stereocenters. The average Bonchev–Trinajstić information content (AvgIpc) is 2.61. The maximum atomic E-state index is 8.02. The monoisotopic (exact) mass is 351 g/mol. The summed E-state index contributed by atoms with van der Waals surface area (Å²) >= 11 is 0. The Balaban J connectivity index is 2.19. The van der Waals surface area contributed by atoms with Crippen LogP contribution < -0.4 is 10.5 Å². The summed E-state index contributed by atoms with van der Waals surface area (Å²) in [5.74, 6) is 0.892. The first-order valence-corrected chi connectivity index (χ1v) is 9.24. The zero-order valence-electron chi connectivity index (χ0n) is 16.0. The van der Waals surface area contributed by atoms with Crippen LogP contribution in [-0.4, -0.2) is 17.3 Å². The summed E-state index contributed by atoms with van der Waals surface area (Å²) in [7, 11) is 0. The minimum absolute atomic E-state index is 0.314. The molecular formula is C22H29N3O. The predicted octanol–water partition coefficient (Wildman–Crippen LogP) is 5.25. The van der Waals surface area contributed by atoms with E-state index in [0.717, 1.165) is 35.5 Å². The van der Waals surface area contributed by atoms with E-state index >= 15 is 0 Å². The van der Waals surface area contributed by atoms with Gasteiger partial charge in [-0.1, -0.05) is 44.4 Å². The molecule has 1 aromatic carbocycles.